The number of hydrogen-bond donors (Lipinski definition) is 6. The fourth-order valence-electron chi connectivity index (χ4n) is 16.1. The molecule has 18 rings (SSSR count). The topological polar surface area (TPSA) is 121 Å². The standard InChI is InChI=1S/C22H24Br4O2S2.C22H24Cl4O2S2.C22H24I4O2S2.6C7H7.3Zr/c3*23-15-7-13(21(27)17(25)9-15)11-29-19-5-3-1-2-4-6-20(19)30-12-14-8-16(24)10-18(26)22(14)28;6*1-7-5-3-2-4-6-7;;;/h3*7-10,19-20,27-28H,1-6,11-12H2;6*2-6H,1H2;;;/q;;;6*-1;;;/t3*19-,20?;;;;;;;;;/m000........./s1. The van der Waals surface area contributed by atoms with Gasteiger partial charge in [0.05, 0.1) is 0 Å². The minimum absolute atomic E-state index is 0.186. The molecule has 27 heteroatoms. The Labute approximate surface area is 947 Å². The molecule has 3 fully saturated rings. The summed E-state index contributed by atoms with van der Waals surface area (Å²) in [5.74, 6) is 8.23. The molecule has 3 heterocycles. The molecule has 0 aromatic heterocycles. The Bertz CT molecular complexity index is 5180. The number of phenolic OH excluding ortho intramolecular Hbond substituents is 6. The summed E-state index contributed by atoms with van der Waals surface area (Å²) >= 11 is 46.4. The number of aromatic hydroxyl groups is 6. The smallest absolute Gasteiger partial charge is 0.0866 e. The minimum Gasteiger partial charge on any atom is -0.199 e. The molecule has 12 atom stereocenters. The van der Waals surface area contributed by atoms with Crippen molar-refractivity contribution in [1.82, 2.24) is 0 Å². The Morgan fingerprint density at radius 1 is 0.259 bits per heavy atom. The van der Waals surface area contributed by atoms with Crippen LogP contribution in [0.15, 0.2) is 273 Å². The molecule has 3 saturated carbocycles. The maximum absolute atomic E-state index is 10.8. The van der Waals surface area contributed by atoms with Gasteiger partial charge in [0, 0.05) is 0 Å². The summed E-state index contributed by atoms with van der Waals surface area (Å²) in [6.45, 7) is 22.3. The number of rotatable bonds is 12. The van der Waals surface area contributed by atoms with Crippen LogP contribution in [0.4, 0.5) is 0 Å². The number of benzene rings is 12. The summed E-state index contributed by atoms with van der Waals surface area (Å²) in [5, 5.41) is 70.6. The zero-order valence-electron chi connectivity index (χ0n) is 75.1. The first-order valence-corrected chi connectivity index (χ1v) is 80.4. The predicted octanol–water partition coefficient (Wildman–Crippen LogP) is 38.4. The van der Waals surface area contributed by atoms with Gasteiger partial charge in [-0.05, 0) is 0 Å². The van der Waals surface area contributed by atoms with Gasteiger partial charge < -0.3 is 0 Å². The van der Waals surface area contributed by atoms with Gasteiger partial charge in [-0.3, -0.25) is 0 Å². The van der Waals surface area contributed by atoms with Crippen LogP contribution in [-0.4, -0.2) is 62.1 Å². The Hall–Kier alpha value is -0.591. The Morgan fingerprint density at radius 2 is 0.459 bits per heavy atom. The van der Waals surface area contributed by atoms with Crippen LogP contribution in [-0.2, 0) is 92.0 Å². The molecule has 6 aliphatic rings. The Morgan fingerprint density at radius 3 is 0.659 bits per heavy atom. The molecule has 0 radical (unpaired) electrons. The summed E-state index contributed by atoms with van der Waals surface area (Å²) in [4.78, 5) is 0. The third kappa shape index (κ3) is 39.2. The molecular weight excluding hydrogens is 2830 g/mol. The first-order valence-electron chi connectivity index (χ1n) is 44.6. The van der Waals surface area contributed by atoms with Gasteiger partial charge in [-0.2, -0.15) is 148 Å². The third-order valence-corrected chi connectivity index (χ3v) is 94.2. The van der Waals surface area contributed by atoms with E-state index in [-0.39, 0.29) is 11.5 Å². The van der Waals surface area contributed by atoms with Crippen LogP contribution >= 0.6 is 243 Å². The van der Waals surface area contributed by atoms with Crippen molar-refractivity contribution in [2.24, 2.45) is 0 Å². The second-order valence-electron chi connectivity index (χ2n) is 33.2. The van der Waals surface area contributed by atoms with Crippen LogP contribution in [0.3, 0.4) is 0 Å². The van der Waals surface area contributed by atoms with Gasteiger partial charge in [0.25, 0.3) is 0 Å². The van der Waals surface area contributed by atoms with E-state index in [0.29, 0.717) is 96.3 Å². The van der Waals surface area contributed by atoms with Crippen LogP contribution in [0.2, 0.25) is 20.1 Å². The predicted molar refractivity (Wildman–Crippen MR) is 629 cm³/mol. The summed E-state index contributed by atoms with van der Waals surface area (Å²) in [5.41, 5.74) is 12.7. The van der Waals surface area contributed by atoms with E-state index in [9.17, 15) is 30.6 Å². The normalized spacial score (nSPS) is 20.4. The SMILES string of the molecule is Oc1c(Br)cc(Br)cc1C[S]1=[Zr]=[S](Cc2cc(Br)cc(Br)c2O)[C@H]2CCCCCCC21.Oc1c(Cl)cc(Cl)cc1C[S]1=[Zr]=[S](Cc2cc(Cl)cc(Cl)c2O)[C@H]2CCCCCCC21.Oc1c(I)cc(I)cc1C[S]1=[Zr]=[S](Cc2cc(I)cc(I)c2O)[C@H]2CCCCCCC21.[CH2-]c1ccccc1.[CH2-]c1ccccc1.[CH2-]c1ccccc1.[CH2-]c1ccccc1.[CH2-]c1ccccc1.[CH2-]c1ccccc1. The Kier molecular flexibility index (Phi) is 53.3. The van der Waals surface area contributed by atoms with Gasteiger partial charge in [0.15, 0.2) is 0 Å². The van der Waals surface area contributed by atoms with Crippen molar-refractivity contribution in [2.45, 2.75) is 182 Å². The zero-order valence-corrected chi connectivity index (χ0v) is 105. The third-order valence-electron chi connectivity index (χ3n) is 22.8. The number of phenols is 6. The van der Waals surface area contributed by atoms with Crippen LogP contribution in [0, 0.1) is 55.8 Å². The zero-order chi connectivity index (χ0) is 97.0. The van der Waals surface area contributed by atoms with Gasteiger partial charge in [-0.1, -0.05) is 36.4 Å². The number of hydrogen-bond acceptors (Lipinski definition) is 6. The molecule has 12 aromatic rings. The van der Waals surface area contributed by atoms with Crippen molar-refractivity contribution in [3.8, 4) is 34.5 Å². The van der Waals surface area contributed by atoms with E-state index in [1.807, 2.05) is 206 Å². The maximum Gasteiger partial charge on any atom is -0.0866 e. The first kappa shape index (κ1) is 116. The van der Waals surface area contributed by atoms with E-state index in [1.54, 1.807) is 12.1 Å². The molecule has 0 amide bonds. The average Bonchev–Trinajstić information content (AvgIpc) is 1.64. The summed E-state index contributed by atoms with van der Waals surface area (Å²) in [6.07, 6.45) is 24.2. The molecule has 3 aliphatic heterocycles. The van der Waals surface area contributed by atoms with Gasteiger partial charge in [0.1, 0.15) is 0 Å². The fraction of sp³-hybridized carbons (Fsp3) is 0.278. The van der Waals surface area contributed by atoms with E-state index >= 15 is 0 Å². The van der Waals surface area contributed by atoms with Crippen molar-refractivity contribution < 1.29 is 88.1 Å². The molecule has 0 spiro atoms. The Balaban J connectivity index is 0.000000171. The maximum atomic E-state index is 10.8. The summed E-state index contributed by atoms with van der Waals surface area (Å²) < 4.78 is 8.04. The van der Waals surface area contributed by atoms with E-state index in [2.05, 4.69) is 232 Å². The van der Waals surface area contributed by atoms with Crippen molar-refractivity contribution in [3.63, 3.8) is 0 Å². The van der Waals surface area contributed by atoms with Crippen LogP contribution in [0.5, 0.6) is 34.5 Å². The molecule has 720 valence electrons. The molecule has 135 heavy (non-hydrogen) atoms. The first-order chi connectivity index (χ1) is 64.9. The van der Waals surface area contributed by atoms with E-state index in [4.69, 9.17) is 46.4 Å². The summed E-state index contributed by atoms with van der Waals surface area (Å²) in [6, 6.07) is 82.9. The molecule has 9 unspecified atom stereocenters. The number of fused-ring (bicyclic) bond motifs is 3. The molecule has 0 bridgehead atoms. The van der Waals surface area contributed by atoms with E-state index in [1.165, 1.54) is 134 Å². The largest absolute Gasteiger partial charge is 0.199 e. The van der Waals surface area contributed by atoms with Crippen molar-refractivity contribution >= 4 is 243 Å². The van der Waals surface area contributed by atoms with Crippen molar-refractivity contribution in [3.05, 3.63) is 415 Å². The average molecular weight is 2940 g/mol. The quantitative estimate of drug-likeness (QED) is 0.0535. The molecule has 0 saturated heterocycles. The van der Waals surface area contributed by atoms with Crippen molar-refractivity contribution in [2.75, 3.05) is 0 Å². The fourth-order valence-corrected chi connectivity index (χ4v) is 110. The molecule has 6 nitrogen and oxygen atoms in total. The second-order valence-corrected chi connectivity index (χ2v) is 90.0. The molecular formula is C108H114Br4Cl4I4O6S6Zr3-6. The summed E-state index contributed by atoms with van der Waals surface area (Å²) in [7, 11) is 2.36. The second kappa shape index (κ2) is 61.9. The van der Waals surface area contributed by atoms with Crippen molar-refractivity contribution in [1.29, 1.82) is 0 Å². The minimum atomic E-state index is -0.790. The van der Waals surface area contributed by atoms with Gasteiger partial charge in [0.2, 0.25) is 0 Å². The van der Waals surface area contributed by atoms with Gasteiger partial charge in [-0.15, -0.1) is 72.8 Å². The monoisotopic (exact) mass is 2930 g/mol. The van der Waals surface area contributed by atoms with Gasteiger partial charge in [-0.25, -0.2) is 0 Å². The van der Waals surface area contributed by atoms with Crippen LogP contribution in [0.25, 0.3) is 0 Å². The molecule has 12 aromatic carbocycles. The van der Waals surface area contributed by atoms with Crippen LogP contribution < -0.4 is 0 Å². The van der Waals surface area contributed by atoms with Gasteiger partial charge >= 0.3 is 706 Å². The number of halogens is 12. The van der Waals surface area contributed by atoms with E-state index in [0.717, 1.165) is 136 Å². The molecule has 3 aliphatic carbocycles. The molecule has 6 N–H and O–H groups in total. The van der Waals surface area contributed by atoms with Crippen LogP contribution in [0.1, 0.15) is 182 Å². The van der Waals surface area contributed by atoms with E-state index < -0.39 is 57.5 Å².